The summed E-state index contributed by atoms with van der Waals surface area (Å²) in [6.07, 6.45) is 2.31. The molecule has 2 aliphatic heterocycles. The van der Waals surface area contributed by atoms with Gasteiger partial charge in [0.15, 0.2) is 0 Å². The lowest BCUT2D eigenvalue weighted by atomic mass is 10.1. The van der Waals surface area contributed by atoms with E-state index in [1.165, 1.54) is 6.42 Å². The second-order valence-electron chi connectivity index (χ2n) is 8.37. The molecule has 0 aliphatic carbocycles. The topological polar surface area (TPSA) is 73.9 Å². The number of nitrogens with zero attached hydrogens (tertiary/aromatic N) is 2. The van der Waals surface area contributed by atoms with Crippen molar-refractivity contribution in [1.29, 1.82) is 0 Å². The Morgan fingerprint density at radius 3 is 2.56 bits per heavy atom. The summed E-state index contributed by atoms with van der Waals surface area (Å²) in [6, 6.07) is 16.7. The highest BCUT2D eigenvalue weighted by atomic mass is 16.5. The van der Waals surface area contributed by atoms with Gasteiger partial charge in [-0.3, -0.25) is 14.5 Å². The summed E-state index contributed by atoms with van der Waals surface area (Å²) < 4.78 is 5.80. The highest BCUT2D eigenvalue weighted by molar-refractivity contribution is 5.95. The number of para-hydroxylation sites is 1. The van der Waals surface area contributed by atoms with Crippen molar-refractivity contribution in [2.75, 3.05) is 39.3 Å². The molecule has 0 spiro atoms. The molecule has 2 fully saturated rings. The van der Waals surface area contributed by atoms with E-state index in [4.69, 9.17) is 4.74 Å². The van der Waals surface area contributed by atoms with Gasteiger partial charge in [-0.15, -0.1) is 0 Å². The van der Waals surface area contributed by atoms with Crippen molar-refractivity contribution in [3.63, 3.8) is 0 Å². The molecule has 7 heteroatoms. The first-order chi connectivity index (χ1) is 15.6. The standard InChI is InChI=1S/C25H32N4O3/c1-2-28-15-6-7-20(28)17-27-24(30)23-18-29(16-14-26-23)25(31)19-10-12-22(13-11-19)32-21-8-4-3-5-9-21/h3-5,8-13,20,23,26H,2,6-7,14-18H2,1H3,(H,27,30). The number of carbonyl (C=O) groups is 2. The number of likely N-dealkylation sites (N-methyl/N-ethyl adjacent to an activating group) is 1. The van der Waals surface area contributed by atoms with Crippen molar-refractivity contribution < 1.29 is 14.3 Å². The lowest BCUT2D eigenvalue weighted by molar-refractivity contribution is -0.124. The molecule has 0 radical (unpaired) electrons. The van der Waals surface area contributed by atoms with Crippen LogP contribution in [0.3, 0.4) is 0 Å². The first kappa shape index (κ1) is 22.3. The molecule has 0 bridgehead atoms. The Labute approximate surface area is 189 Å². The zero-order valence-corrected chi connectivity index (χ0v) is 18.6. The lowest BCUT2D eigenvalue weighted by Crippen LogP contribution is -2.59. The first-order valence-corrected chi connectivity index (χ1v) is 11.5. The third kappa shape index (κ3) is 5.47. The molecule has 2 saturated heterocycles. The monoisotopic (exact) mass is 436 g/mol. The van der Waals surface area contributed by atoms with Crippen LogP contribution in [0.1, 0.15) is 30.1 Å². The molecule has 2 aromatic carbocycles. The summed E-state index contributed by atoms with van der Waals surface area (Å²) in [5.74, 6) is 1.33. The van der Waals surface area contributed by atoms with E-state index >= 15 is 0 Å². The summed E-state index contributed by atoms with van der Waals surface area (Å²) in [5, 5.41) is 6.34. The summed E-state index contributed by atoms with van der Waals surface area (Å²) in [6.45, 7) is 6.50. The van der Waals surface area contributed by atoms with E-state index in [9.17, 15) is 9.59 Å². The molecule has 2 aromatic rings. The molecule has 7 nitrogen and oxygen atoms in total. The number of ether oxygens (including phenoxy) is 1. The lowest BCUT2D eigenvalue weighted by Gasteiger charge is -2.33. The van der Waals surface area contributed by atoms with E-state index in [-0.39, 0.29) is 17.9 Å². The Kier molecular flexibility index (Phi) is 7.39. The number of piperazine rings is 1. The first-order valence-electron chi connectivity index (χ1n) is 11.5. The molecule has 2 heterocycles. The maximum Gasteiger partial charge on any atom is 0.253 e. The molecule has 32 heavy (non-hydrogen) atoms. The number of benzene rings is 2. The fourth-order valence-corrected chi connectivity index (χ4v) is 4.47. The van der Waals surface area contributed by atoms with Crippen molar-refractivity contribution in [3.8, 4) is 11.5 Å². The van der Waals surface area contributed by atoms with Crippen LogP contribution in [-0.4, -0.2) is 73.0 Å². The van der Waals surface area contributed by atoms with Crippen LogP contribution in [-0.2, 0) is 4.79 Å². The predicted molar refractivity (Wildman–Crippen MR) is 124 cm³/mol. The van der Waals surface area contributed by atoms with Crippen molar-refractivity contribution in [2.24, 2.45) is 0 Å². The fraction of sp³-hybridized carbons (Fsp3) is 0.440. The molecule has 2 atom stereocenters. The number of amides is 2. The van der Waals surface area contributed by atoms with Crippen LogP contribution in [0, 0.1) is 0 Å². The number of nitrogens with one attached hydrogen (secondary N) is 2. The van der Waals surface area contributed by atoms with Crippen LogP contribution in [0.25, 0.3) is 0 Å². The van der Waals surface area contributed by atoms with E-state index in [2.05, 4.69) is 22.5 Å². The third-order valence-corrected chi connectivity index (χ3v) is 6.28. The quantitative estimate of drug-likeness (QED) is 0.698. The Bertz CT molecular complexity index is 903. The van der Waals surface area contributed by atoms with E-state index in [0.717, 1.165) is 25.3 Å². The number of rotatable bonds is 7. The van der Waals surface area contributed by atoms with Gasteiger partial charge >= 0.3 is 0 Å². The van der Waals surface area contributed by atoms with Crippen molar-refractivity contribution >= 4 is 11.8 Å². The summed E-state index contributed by atoms with van der Waals surface area (Å²) in [5.41, 5.74) is 0.594. The minimum atomic E-state index is -0.384. The van der Waals surface area contributed by atoms with Gasteiger partial charge in [0, 0.05) is 37.8 Å². The second kappa shape index (κ2) is 10.6. The fourth-order valence-electron chi connectivity index (χ4n) is 4.47. The largest absolute Gasteiger partial charge is 0.457 e. The summed E-state index contributed by atoms with van der Waals surface area (Å²) >= 11 is 0. The van der Waals surface area contributed by atoms with Gasteiger partial charge < -0.3 is 20.3 Å². The predicted octanol–water partition coefficient (Wildman–Crippen LogP) is 2.49. The number of likely N-dealkylation sites (tertiary alicyclic amines) is 1. The Morgan fingerprint density at radius 2 is 1.81 bits per heavy atom. The van der Waals surface area contributed by atoms with Crippen molar-refractivity contribution in [1.82, 2.24) is 20.4 Å². The van der Waals surface area contributed by atoms with Gasteiger partial charge in [-0.1, -0.05) is 25.1 Å². The van der Waals surface area contributed by atoms with Crippen LogP contribution in [0.4, 0.5) is 0 Å². The van der Waals surface area contributed by atoms with Crippen LogP contribution in [0.15, 0.2) is 54.6 Å². The molecule has 2 aliphatic rings. The van der Waals surface area contributed by atoms with E-state index < -0.39 is 0 Å². The van der Waals surface area contributed by atoms with Gasteiger partial charge in [0.05, 0.1) is 0 Å². The minimum Gasteiger partial charge on any atom is -0.457 e. The number of hydrogen-bond acceptors (Lipinski definition) is 5. The van der Waals surface area contributed by atoms with Gasteiger partial charge in [-0.2, -0.15) is 0 Å². The molecule has 4 rings (SSSR count). The van der Waals surface area contributed by atoms with E-state index in [0.29, 0.717) is 43.5 Å². The van der Waals surface area contributed by atoms with Crippen molar-refractivity contribution in [3.05, 3.63) is 60.2 Å². The van der Waals surface area contributed by atoms with Crippen LogP contribution in [0.2, 0.25) is 0 Å². The SMILES string of the molecule is CCN1CCCC1CNC(=O)C1CN(C(=O)c2ccc(Oc3ccccc3)cc2)CCN1. The van der Waals surface area contributed by atoms with Gasteiger partial charge in [0.2, 0.25) is 5.91 Å². The van der Waals surface area contributed by atoms with Gasteiger partial charge in [0.1, 0.15) is 17.5 Å². The molecule has 170 valence electrons. The smallest absolute Gasteiger partial charge is 0.253 e. The average Bonchev–Trinajstić information content (AvgIpc) is 3.31. The Morgan fingerprint density at radius 1 is 1.06 bits per heavy atom. The van der Waals surface area contributed by atoms with E-state index in [1.807, 2.05) is 30.3 Å². The summed E-state index contributed by atoms with van der Waals surface area (Å²) in [7, 11) is 0. The van der Waals surface area contributed by atoms with Crippen LogP contribution < -0.4 is 15.4 Å². The maximum atomic E-state index is 13.0. The molecule has 2 N–H and O–H groups in total. The Balaban J connectivity index is 1.30. The second-order valence-corrected chi connectivity index (χ2v) is 8.37. The molecule has 0 aromatic heterocycles. The van der Waals surface area contributed by atoms with Crippen molar-refractivity contribution in [2.45, 2.75) is 31.8 Å². The van der Waals surface area contributed by atoms with Crippen LogP contribution >= 0.6 is 0 Å². The average molecular weight is 437 g/mol. The van der Waals surface area contributed by atoms with Crippen LogP contribution in [0.5, 0.6) is 11.5 Å². The molecular weight excluding hydrogens is 404 g/mol. The highest BCUT2D eigenvalue weighted by Gasteiger charge is 2.30. The van der Waals surface area contributed by atoms with Gasteiger partial charge in [-0.25, -0.2) is 0 Å². The zero-order chi connectivity index (χ0) is 22.3. The molecule has 0 saturated carbocycles. The highest BCUT2D eigenvalue weighted by Crippen LogP contribution is 2.22. The third-order valence-electron chi connectivity index (χ3n) is 6.28. The maximum absolute atomic E-state index is 13.0. The minimum absolute atomic E-state index is 0.0305. The molecular formula is C25H32N4O3. The molecule has 2 amide bonds. The number of carbonyl (C=O) groups excluding carboxylic acids is 2. The number of hydrogen-bond donors (Lipinski definition) is 2. The Hall–Kier alpha value is -2.90. The summed E-state index contributed by atoms with van der Waals surface area (Å²) in [4.78, 5) is 29.9. The van der Waals surface area contributed by atoms with Gasteiger partial charge in [0.25, 0.3) is 5.91 Å². The zero-order valence-electron chi connectivity index (χ0n) is 18.6. The van der Waals surface area contributed by atoms with E-state index in [1.54, 1.807) is 29.2 Å². The normalized spacial score (nSPS) is 21.3. The van der Waals surface area contributed by atoms with Gasteiger partial charge in [-0.05, 0) is 62.3 Å². The molecule has 2 unspecified atom stereocenters.